The predicted octanol–water partition coefficient (Wildman–Crippen LogP) is 3.59. The average Bonchev–Trinajstić information content (AvgIpc) is 2.74. The van der Waals surface area contributed by atoms with Crippen LogP contribution in [0.25, 0.3) is 0 Å². The minimum atomic E-state index is -3.95. The Morgan fingerprint density at radius 1 is 1.14 bits per heavy atom. The summed E-state index contributed by atoms with van der Waals surface area (Å²) in [5.74, 6) is -1.30. The third-order valence-electron chi connectivity index (χ3n) is 5.02. The van der Waals surface area contributed by atoms with Gasteiger partial charge in [0.1, 0.15) is 24.2 Å². The fraction of sp³-hybridized carbons (Fsp3) is 0.417. The highest BCUT2D eigenvalue weighted by molar-refractivity contribution is 7.92. The van der Waals surface area contributed by atoms with Crippen LogP contribution in [-0.4, -0.2) is 56.6 Å². The quantitative estimate of drug-likeness (QED) is 0.537. The van der Waals surface area contributed by atoms with Crippen LogP contribution in [0.2, 0.25) is 5.02 Å². The smallest absolute Gasteiger partial charge is 0.244 e. The Balaban J connectivity index is 2.47. The SMILES string of the molecule is COc1ccc(Cl)cc1N(CC(=O)N(Cc1ccc(F)cc1)[C@@H](C)C(=O)NC(C)(C)C)S(C)(=O)=O. The van der Waals surface area contributed by atoms with E-state index in [9.17, 15) is 22.4 Å². The zero-order chi connectivity index (χ0) is 26.6. The number of rotatable bonds is 9. The van der Waals surface area contributed by atoms with Crippen molar-refractivity contribution in [2.24, 2.45) is 0 Å². The number of hydrogen-bond donors (Lipinski definition) is 1. The molecule has 35 heavy (non-hydrogen) atoms. The summed E-state index contributed by atoms with van der Waals surface area (Å²) in [6.45, 7) is 6.32. The molecule has 0 fully saturated rings. The lowest BCUT2D eigenvalue weighted by Crippen LogP contribution is -2.54. The Labute approximate surface area is 211 Å². The Morgan fingerprint density at radius 3 is 2.26 bits per heavy atom. The van der Waals surface area contributed by atoms with E-state index >= 15 is 0 Å². The van der Waals surface area contributed by atoms with Crippen LogP contribution < -0.4 is 14.4 Å². The molecule has 1 N–H and O–H groups in total. The second-order valence-corrected chi connectivity index (χ2v) is 11.5. The van der Waals surface area contributed by atoms with Crippen LogP contribution in [0.1, 0.15) is 33.3 Å². The summed E-state index contributed by atoms with van der Waals surface area (Å²) in [5, 5.41) is 3.08. The zero-order valence-electron chi connectivity index (χ0n) is 20.6. The van der Waals surface area contributed by atoms with E-state index in [1.807, 2.05) is 0 Å². The van der Waals surface area contributed by atoms with Gasteiger partial charge in [-0.25, -0.2) is 12.8 Å². The monoisotopic (exact) mass is 527 g/mol. The number of methoxy groups -OCH3 is 1. The van der Waals surface area contributed by atoms with Gasteiger partial charge in [-0.3, -0.25) is 13.9 Å². The minimum Gasteiger partial charge on any atom is -0.495 e. The molecule has 0 bridgehead atoms. The second kappa shape index (κ2) is 11.3. The molecule has 2 amide bonds. The van der Waals surface area contributed by atoms with Gasteiger partial charge in [-0.1, -0.05) is 23.7 Å². The summed E-state index contributed by atoms with van der Waals surface area (Å²) in [6, 6.07) is 8.96. The van der Waals surface area contributed by atoms with Crippen LogP contribution in [0, 0.1) is 5.82 Å². The van der Waals surface area contributed by atoms with Crippen molar-refractivity contribution in [3.05, 3.63) is 58.9 Å². The number of sulfonamides is 1. The van der Waals surface area contributed by atoms with Crippen molar-refractivity contribution in [3.8, 4) is 5.75 Å². The number of nitrogens with one attached hydrogen (secondary N) is 1. The molecule has 1 atom stereocenters. The number of halogens is 2. The third kappa shape index (κ3) is 8.10. The first kappa shape index (κ1) is 28.4. The van der Waals surface area contributed by atoms with Gasteiger partial charge in [0.2, 0.25) is 21.8 Å². The van der Waals surface area contributed by atoms with Gasteiger partial charge >= 0.3 is 0 Å². The van der Waals surface area contributed by atoms with Gasteiger partial charge in [0.05, 0.1) is 19.1 Å². The van der Waals surface area contributed by atoms with Crippen LogP contribution in [0.4, 0.5) is 10.1 Å². The van der Waals surface area contributed by atoms with Crippen LogP contribution in [0.5, 0.6) is 5.75 Å². The number of carbonyl (C=O) groups is 2. The molecular weight excluding hydrogens is 497 g/mol. The van der Waals surface area contributed by atoms with Crippen molar-refractivity contribution in [1.82, 2.24) is 10.2 Å². The fourth-order valence-corrected chi connectivity index (χ4v) is 4.31. The number of nitrogens with zero attached hydrogens (tertiary/aromatic N) is 2. The molecule has 2 aromatic carbocycles. The van der Waals surface area contributed by atoms with Crippen molar-refractivity contribution < 1.29 is 27.1 Å². The van der Waals surface area contributed by atoms with Gasteiger partial charge < -0.3 is 15.0 Å². The Kier molecular flexibility index (Phi) is 9.13. The number of anilines is 1. The Hall–Kier alpha value is -2.85. The third-order valence-corrected chi connectivity index (χ3v) is 6.38. The maximum Gasteiger partial charge on any atom is 0.244 e. The summed E-state index contributed by atoms with van der Waals surface area (Å²) in [7, 11) is -2.58. The lowest BCUT2D eigenvalue weighted by molar-refractivity contribution is -0.140. The summed E-state index contributed by atoms with van der Waals surface area (Å²) in [5.41, 5.74) is 0.105. The molecule has 0 heterocycles. The van der Waals surface area contributed by atoms with Crippen molar-refractivity contribution in [2.45, 2.75) is 45.8 Å². The molecule has 0 saturated carbocycles. The first-order valence-corrected chi connectivity index (χ1v) is 13.0. The number of amides is 2. The number of benzene rings is 2. The van der Waals surface area contributed by atoms with Gasteiger partial charge in [-0.2, -0.15) is 0 Å². The molecule has 0 radical (unpaired) electrons. The van der Waals surface area contributed by atoms with Gasteiger partial charge in [0, 0.05) is 17.1 Å². The molecule has 0 aliphatic heterocycles. The molecule has 0 aliphatic rings. The molecule has 2 aromatic rings. The predicted molar refractivity (Wildman–Crippen MR) is 135 cm³/mol. The van der Waals surface area contributed by atoms with E-state index in [-0.39, 0.29) is 23.0 Å². The lowest BCUT2D eigenvalue weighted by Gasteiger charge is -2.33. The number of carbonyl (C=O) groups excluding carboxylic acids is 2. The molecule has 0 saturated heterocycles. The van der Waals surface area contributed by atoms with Crippen LogP contribution in [0.15, 0.2) is 42.5 Å². The number of hydrogen-bond acceptors (Lipinski definition) is 5. The molecular formula is C24H31ClFN3O5S. The summed E-state index contributed by atoms with van der Waals surface area (Å²) < 4.78 is 45.0. The van der Waals surface area contributed by atoms with Gasteiger partial charge in [0.15, 0.2) is 0 Å². The lowest BCUT2D eigenvalue weighted by atomic mass is 10.1. The van der Waals surface area contributed by atoms with Gasteiger partial charge in [0.25, 0.3) is 0 Å². The maximum absolute atomic E-state index is 13.5. The second-order valence-electron chi connectivity index (χ2n) is 9.15. The van der Waals surface area contributed by atoms with E-state index < -0.39 is 45.8 Å². The van der Waals surface area contributed by atoms with Gasteiger partial charge in [-0.15, -0.1) is 0 Å². The van der Waals surface area contributed by atoms with E-state index in [0.29, 0.717) is 5.56 Å². The van der Waals surface area contributed by atoms with Crippen molar-refractivity contribution in [3.63, 3.8) is 0 Å². The molecule has 0 aliphatic carbocycles. The molecule has 11 heteroatoms. The van der Waals surface area contributed by atoms with E-state index in [0.717, 1.165) is 10.6 Å². The maximum atomic E-state index is 13.5. The highest BCUT2D eigenvalue weighted by Crippen LogP contribution is 2.33. The van der Waals surface area contributed by atoms with Gasteiger partial charge in [-0.05, 0) is 63.6 Å². The molecule has 2 rings (SSSR count). The highest BCUT2D eigenvalue weighted by Gasteiger charge is 2.32. The standard InChI is InChI=1S/C24H31ClFN3O5S/c1-16(23(31)27-24(2,3)4)28(14-17-7-10-19(26)11-8-17)22(30)15-29(35(6,32)33)20-13-18(25)9-12-21(20)34-5/h7-13,16H,14-15H2,1-6H3,(H,27,31)/t16-/m0/s1. The summed E-state index contributed by atoms with van der Waals surface area (Å²) in [4.78, 5) is 27.7. The Bertz CT molecular complexity index is 1170. The molecule has 192 valence electrons. The molecule has 0 spiro atoms. The molecule has 0 aromatic heterocycles. The van der Waals surface area contributed by atoms with Crippen molar-refractivity contribution in [1.29, 1.82) is 0 Å². The topological polar surface area (TPSA) is 96.0 Å². The van der Waals surface area contributed by atoms with Crippen molar-refractivity contribution in [2.75, 3.05) is 24.2 Å². The fourth-order valence-electron chi connectivity index (χ4n) is 3.30. The van der Waals surface area contributed by atoms with E-state index in [4.69, 9.17) is 16.3 Å². The molecule has 8 nitrogen and oxygen atoms in total. The number of ether oxygens (including phenoxy) is 1. The van der Waals surface area contributed by atoms with E-state index in [1.54, 1.807) is 27.7 Å². The zero-order valence-corrected chi connectivity index (χ0v) is 22.2. The normalized spacial score (nSPS) is 12.6. The van der Waals surface area contributed by atoms with E-state index in [2.05, 4.69) is 5.32 Å². The van der Waals surface area contributed by atoms with Crippen LogP contribution >= 0.6 is 11.6 Å². The minimum absolute atomic E-state index is 0.0396. The largest absolute Gasteiger partial charge is 0.495 e. The van der Waals surface area contributed by atoms with E-state index in [1.165, 1.54) is 54.5 Å². The summed E-state index contributed by atoms with van der Waals surface area (Å²) in [6.07, 6.45) is 0.959. The molecule has 0 unspecified atom stereocenters. The Morgan fingerprint density at radius 2 is 1.74 bits per heavy atom. The first-order chi connectivity index (χ1) is 16.1. The first-order valence-electron chi connectivity index (χ1n) is 10.8. The van der Waals surface area contributed by atoms with Crippen molar-refractivity contribution >= 4 is 39.1 Å². The van der Waals surface area contributed by atoms with Crippen LogP contribution in [-0.2, 0) is 26.2 Å². The van der Waals surface area contributed by atoms with Crippen LogP contribution in [0.3, 0.4) is 0 Å². The highest BCUT2D eigenvalue weighted by atomic mass is 35.5. The summed E-state index contributed by atoms with van der Waals surface area (Å²) >= 11 is 6.08. The average molecular weight is 528 g/mol.